The summed E-state index contributed by atoms with van der Waals surface area (Å²) in [7, 11) is 0. The highest BCUT2D eigenvalue weighted by molar-refractivity contribution is 5.50. The van der Waals surface area contributed by atoms with Crippen LogP contribution in [0.2, 0.25) is 0 Å². The molecule has 2 N–H and O–H groups in total. The molecule has 15 heavy (non-hydrogen) atoms. The van der Waals surface area contributed by atoms with Crippen molar-refractivity contribution in [1.29, 1.82) is 0 Å². The van der Waals surface area contributed by atoms with E-state index in [1.807, 2.05) is 18.3 Å². The highest BCUT2D eigenvalue weighted by Crippen LogP contribution is 2.23. The molecule has 3 heterocycles. The average molecular weight is 203 g/mol. The summed E-state index contributed by atoms with van der Waals surface area (Å²) in [5, 5.41) is 4.10. The number of hydrogen-bond acceptors (Lipinski definition) is 4. The number of anilines is 1. The zero-order chi connectivity index (χ0) is 10.5. The number of nitrogens with two attached hydrogens (primary N) is 1. The van der Waals surface area contributed by atoms with E-state index in [2.05, 4.69) is 21.9 Å². The molecule has 2 aromatic heterocycles. The quantitative estimate of drug-likeness (QED) is 0.722. The maximum atomic E-state index is 5.95. The number of hydrogen-bond donors (Lipinski definition) is 1. The Morgan fingerprint density at radius 2 is 2.20 bits per heavy atom. The van der Waals surface area contributed by atoms with Gasteiger partial charge in [-0.05, 0) is 13.0 Å². The summed E-state index contributed by atoms with van der Waals surface area (Å²) in [5.41, 5.74) is 6.77. The van der Waals surface area contributed by atoms with E-state index in [4.69, 9.17) is 5.73 Å². The van der Waals surface area contributed by atoms with Crippen molar-refractivity contribution < 1.29 is 0 Å². The van der Waals surface area contributed by atoms with Crippen LogP contribution in [-0.2, 0) is 0 Å². The van der Waals surface area contributed by atoms with E-state index in [1.165, 1.54) is 0 Å². The van der Waals surface area contributed by atoms with Crippen LogP contribution in [0.25, 0.3) is 5.65 Å². The maximum Gasteiger partial charge on any atom is 0.157 e. The van der Waals surface area contributed by atoms with E-state index in [0.29, 0.717) is 0 Å². The van der Waals surface area contributed by atoms with Gasteiger partial charge >= 0.3 is 0 Å². The largest absolute Gasteiger partial charge is 0.353 e. The van der Waals surface area contributed by atoms with Gasteiger partial charge in [0.15, 0.2) is 5.65 Å². The highest BCUT2D eigenvalue weighted by atomic mass is 15.3. The van der Waals surface area contributed by atoms with Gasteiger partial charge in [-0.3, -0.25) is 0 Å². The van der Waals surface area contributed by atoms with Crippen LogP contribution in [0.15, 0.2) is 24.5 Å². The molecule has 1 aliphatic rings. The third-order valence-corrected chi connectivity index (χ3v) is 2.67. The van der Waals surface area contributed by atoms with Crippen LogP contribution >= 0.6 is 0 Å². The molecule has 0 aliphatic carbocycles. The first-order valence-electron chi connectivity index (χ1n) is 4.98. The van der Waals surface area contributed by atoms with E-state index in [9.17, 15) is 0 Å². The molecule has 0 saturated carbocycles. The molecule has 0 bridgehead atoms. The van der Waals surface area contributed by atoms with Crippen molar-refractivity contribution >= 4 is 11.5 Å². The molecule has 3 rings (SSSR count). The number of rotatable bonds is 1. The first-order valence-corrected chi connectivity index (χ1v) is 4.98. The molecule has 2 aromatic rings. The molecule has 78 valence electrons. The van der Waals surface area contributed by atoms with E-state index >= 15 is 0 Å². The summed E-state index contributed by atoms with van der Waals surface area (Å²) < 4.78 is 1.75. The lowest BCUT2D eigenvalue weighted by Gasteiger charge is -2.46. The molecule has 1 aliphatic heterocycles. The first kappa shape index (κ1) is 8.67. The van der Waals surface area contributed by atoms with Gasteiger partial charge in [-0.1, -0.05) is 0 Å². The Kier molecular flexibility index (Phi) is 1.56. The molecular formula is C10H13N5. The first-order chi connectivity index (χ1) is 7.14. The molecule has 5 nitrogen and oxygen atoms in total. The van der Waals surface area contributed by atoms with Gasteiger partial charge in [0, 0.05) is 30.9 Å². The Labute approximate surface area is 87.5 Å². The SMILES string of the molecule is CC1(N)CN(c2ccn3nccc3n2)C1. The van der Waals surface area contributed by atoms with Gasteiger partial charge in [-0.15, -0.1) is 0 Å². The summed E-state index contributed by atoms with van der Waals surface area (Å²) in [4.78, 5) is 6.67. The third kappa shape index (κ3) is 1.35. The van der Waals surface area contributed by atoms with Crippen LogP contribution in [0.5, 0.6) is 0 Å². The van der Waals surface area contributed by atoms with Crippen molar-refractivity contribution in [3.05, 3.63) is 24.5 Å². The van der Waals surface area contributed by atoms with E-state index in [1.54, 1.807) is 10.7 Å². The number of aromatic nitrogens is 3. The number of nitrogens with zero attached hydrogens (tertiary/aromatic N) is 4. The molecule has 0 amide bonds. The van der Waals surface area contributed by atoms with Crippen LogP contribution < -0.4 is 10.6 Å². The topological polar surface area (TPSA) is 59.5 Å². The second-order valence-electron chi connectivity index (χ2n) is 4.43. The monoisotopic (exact) mass is 203 g/mol. The van der Waals surface area contributed by atoms with Crippen molar-refractivity contribution in [2.45, 2.75) is 12.5 Å². The predicted molar refractivity (Wildman–Crippen MR) is 57.8 cm³/mol. The molecule has 0 radical (unpaired) electrons. The summed E-state index contributed by atoms with van der Waals surface area (Å²) in [6.07, 6.45) is 3.67. The molecule has 5 heteroatoms. The smallest absolute Gasteiger partial charge is 0.157 e. The van der Waals surface area contributed by atoms with Gasteiger partial charge in [0.05, 0.1) is 6.20 Å². The van der Waals surface area contributed by atoms with E-state index in [0.717, 1.165) is 24.6 Å². The Morgan fingerprint density at radius 1 is 1.40 bits per heavy atom. The Morgan fingerprint density at radius 3 is 2.93 bits per heavy atom. The Balaban J connectivity index is 1.92. The van der Waals surface area contributed by atoms with Gasteiger partial charge in [0.2, 0.25) is 0 Å². The van der Waals surface area contributed by atoms with Gasteiger partial charge in [-0.25, -0.2) is 9.50 Å². The normalized spacial score (nSPS) is 19.2. The molecular weight excluding hydrogens is 190 g/mol. The molecule has 0 aromatic carbocycles. The molecule has 0 spiro atoms. The van der Waals surface area contributed by atoms with Crippen LogP contribution in [0.4, 0.5) is 5.82 Å². The Bertz CT molecular complexity index is 493. The van der Waals surface area contributed by atoms with Gasteiger partial charge in [0.25, 0.3) is 0 Å². The lowest BCUT2D eigenvalue weighted by molar-refractivity contribution is 0.363. The summed E-state index contributed by atoms with van der Waals surface area (Å²) in [6.45, 7) is 3.79. The van der Waals surface area contributed by atoms with Gasteiger partial charge in [-0.2, -0.15) is 5.10 Å². The van der Waals surface area contributed by atoms with Crippen LogP contribution in [-0.4, -0.2) is 33.2 Å². The van der Waals surface area contributed by atoms with Gasteiger partial charge in [0.1, 0.15) is 5.82 Å². The molecule has 1 fully saturated rings. The minimum Gasteiger partial charge on any atom is -0.353 e. The standard InChI is InChI=1S/C10H13N5/c1-10(11)6-14(7-10)8-3-5-15-9(13-8)2-4-12-15/h2-5H,6-7,11H2,1H3. The lowest BCUT2D eigenvalue weighted by atomic mass is 9.94. The van der Waals surface area contributed by atoms with E-state index in [-0.39, 0.29) is 5.54 Å². The average Bonchev–Trinajstić information content (AvgIpc) is 2.60. The second-order valence-corrected chi connectivity index (χ2v) is 4.43. The van der Waals surface area contributed by atoms with Crippen molar-refractivity contribution in [3.63, 3.8) is 0 Å². The van der Waals surface area contributed by atoms with Crippen LogP contribution in [0.3, 0.4) is 0 Å². The summed E-state index contributed by atoms with van der Waals surface area (Å²) in [5.74, 6) is 0.978. The summed E-state index contributed by atoms with van der Waals surface area (Å²) >= 11 is 0. The van der Waals surface area contributed by atoms with Crippen molar-refractivity contribution in [2.75, 3.05) is 18.0 Å². The predicted octanol–water partition coefficient (Wildman–Crippen LogP) is 0.267. The summed E-state index contributed by atoms with van der Waals surface area (Å²) in [6, 6.07) is 3.86. The van der Waals surface area contributed by atoms with Crippen molar-refractivity contribution in [1.82, 2.24) is 14.6 Å². The van der Waals surface area contributed by atoms with Gasteiger partial charge < -0.3 is 10.6 Å². The lowest BCUT2D eigenvalue weighted by Crippen LogP contribution is -2.65. The maximum absolute atomic E-state index is 5.95. The minimum absolute atomic E-state index is 0.0615. The van der Waals surface area contributed by atoms with Crippen molar-refractivity contribution in [3.8, 4) is 0 Å². The zero-order valence-electron chi connectivity index (χ0n) is 8.59. The zero-order valence-corrected chi connectivity index (χ0v) is 8.59. The fourth-order valence-corrected chi connectivity index (χ4v) is 1.97. The fourth-order valence-electron chi connectivity index (χ4n) is 1.97. The van der Waals surface area contributed by atoms with Crippen LogP contribution in [0.1, 0.15) is 6.92 Å². The molecule has 1 saturated heterocycles. The van der Waals surface area contributed by atoms with E-state index < -0.39 is 0 Å². The third-order valence-electron chi connectivity index (χ3n) is 2.67. The minimum atomic E-state index is -0.0615. The number of fused-ring (bicyclic) bond motifs is 1. The molecule has 0 atom stereocenters. The van der Waals surface area contributed by atoms with Crippen LogP contribution in [0, 0.1) is 0 Å². The second kappa shape index (κ2) is 2.70. The highest BCUT2D eigenvalue weighted by Gasteiger charge is 2.35. The Hall–Kier alpha value is -1.62. The fraction of sp³-hybridized carbons (Fsp3) is 0.400. The molecule has 0 unspecified atom stereocenters. The van der Waals surface area contributed by atoms with Crippen molar-refractivity contribution in [2.24, 2.45) is 5.73 Å².